The van der Waals surface area contributed by atoms with Gasteiger partial charge in [0.1, 0.15) is 5.75 Å². The van der Waals surface area contributed by atoms with E-state index in [4.69, 9.17) is 14.2 Å². The fourth-order valence-corrected chi connectivity index (χ4v) is 3.11. The van der Waals surface area contributed by atoms with Gasteiger partial charge in [-0.2, -0.15) is 0 Å². The van der Waals surface area contributed by atoms with Gasteiger partial charge in [-0.3, -0.25) is 0 Å². The maximum absolute atomic E-state index is 5.75. The van der Waals surface area contributed by atoms with Crippen molar-refractivity contribution in [1.82, 2.24) is 5.32 Å². The van der Waals surface area contributed by atoms with Crippen molar-refractivity contribution in [3.8, 4) is 17.2 Å². The number of rotatable bonds is 5. The number of hydrogen-bond acceptors (Lipinski definition) is 4. The third kappa shape index (κ3) is 3.13. The highest BCUT2D eigenvalue weighted by atomic mass is 16.5. The first-order valence-corrected chi connectivity index (χ1v) is 7.97. The van der Waals surface area contributed by atoms with Crippen LogP contribution < -0.4 is 19.5 Å². The highest BCUT2D eigenvalue weighted by Crippen LogP contribution is 2.38. The fraction of sp³-hybridized carbons (Fsp3) is 0.368. The monoisotopic (exact) mass is 313 g/mol. The predicted molar refractivity (Wildman–Crippen MR) is 90.7 cm³/mol. The van der Waals surface area contributed by atoms with Gasteiger partial charge in [0.25, 0.3) is 0 Å². The van der Waals surface area contributed by atoms with Crippen LogP contribution in [0.2, 0.25) is 0 Å². The molecule has 0 aliphatic carbocycles. The molecule has 23 heavy (non-hydrogen) atoms. The van der Waals surface area contributed by atoms with Gasteiger partial charge < -0.3 is 19.5 Å². The smallest absolute Gasteiger partial charge is 0.161 e. The molecule has 1 heterocycles. The van der Waals surface area contributed by atoms with Gasteiger partial charge in [-0.05, 0) is 54.3 Å². The Morgan fingerprint density at radius 3 is 2.70 bits per heavy atom. The summed E-state index contributed by atoms with van der Waals surface area (Å²) in [5.41, 5.74) is 3.74. The van der Waals surface area contributed by atoms with Crippen molar-refractivity contribution < 1.29 is 14.2 Å². The molecule has 0 saturated heterocycles. The minimum Gasteiger partial charge on any atom is -0.497 e. The summed E-state index contributed by atoms with van der Waals surface area (Å²) in [6.07, 6.45) is 0.985. The fourth-order valence-electron chi connectivity index (χ4n) is 3.11. The Hall–Kier alpha value is -2.20. The molecule has 2 aromatic rings. The zero-order valence-electron chi connectivity index (χ0n) is 13.9. The molecule has 0 aromatic heterocycles. The average molecular weight is 313 g/mol. The van der Waals surface area contributed by atoms with Gasteiger partial charge >= 0.3 is 0 Å². The number of methoxy groups -OCH3 is 2. The second-order valence-electron chi connectivity index (χ2n) is 5.55. The Morgan fingerprint density at radius 2 is 1.96 bits per heavy atom. The summed E-state index contributed by atoms with van der Waals surface area (Å²) in [5.74, 6) is 2.47. The zero-order chi connectivity index (χ0) is 16.2. The van der Waals surface area contributed by atoms with Crippen molar-refractivity contribution in [3.63, 3.8) is 0 Å². The summed E-state index contributed by atoms with van der Waals surface area (Å²) in [7, 11) is 3.38. The lowest BCUT2D eigenvalue weighted by Gasteiger charge is -2.29. The first-order chi connectivity index (χ1) is 11.3. The lowest BCUT2D eigenvalue weighted by Crippen LogP contribution is -2.30. The van der Waals surface area contributed by atoms with Crippen molar-refractivity contribution in [2.24, 2.45) is 0 Å². The van der Waals surface area contributed by atoms with E-state index in [1.807, 2.05) is 19.1 Å². The largest absolute Gasteiger partial charge is 0.497 e. The molecule has 0 radical (unpaired) electrons. The molecule has 1 unspecified atom stereocenters. The number of ether oxygens (including phenoxy) is 3. The number of hydrogen-bond donors (Lipinski definition) is 1. The molecule has 3 rings (SSSR count). The van der Waals surface area contributed by atoms with E-state index in [0.29, 0.717) is 6.61 Å². The maximum Gasteiger partial charge on any atom is 0.161 e. The average Bonchev–Trinajstić information content (AvgIpc) is 2.61. The van der Waals surface area contributed by atoms with Gasteiger partial charge in [0.15, 0.2) is 11.5 Å². The van der Waals surface area contributed by atoms with Gasteiger partial charge in [-0.15, -0.1) is 0 Å². The quantitative estimate of drug-likeness (QED) is 0.919. The van der Waals surface area contributed by atoms with Crippen LogP contribution in [0.1, 0.15) is 29.7 Å². The molecule has 122 valence electrons. The van der Waals surface area contributed by atoms with E-state index in [2.05, 4.69) is 29.6 Å². The second kappa shape index (κ2) is 6.92. The minimum absolute atomic E-state index is 0.138. The van der Waals surface area contributed by atoms with E-state index >= 15 is 0 Å². The molecule has 2 aromatic carbocycles. The molecule has 4 nitrogen and oxygen atoms in total. The molecule has 4 heteroatoms. The molecule has 1 aliphatic heterocycles. The van der Waals surface area contributed by atoms with E-state index in [1.54, 1.807) is 14.2 Å². The Kier molecular flexibility index (Phi) is 4.72. The topological polar surface area (TPSA) is 39.7 Å². The molecule has 0 fully saturated rings. The van der Waals surface area contributed by atoms with Crippen LogP contribution in [-0.2, 0) is 6.42 Å². The number of fused-ring (bicyclic) bond motifs is 1. The lowest BCUT2D eigenvalue weighted by atomic mass is 9.89. The summed E-state index contributed by atoms with van der Waals surface area (Å²) >= 11 is 0. The van der Waals surface area contributed by atoms with E-state index < -0.39 is 0 Å². The van der Waals surface area contributed by atoms with E-state index in [0.717, 1.165) is 30.2 Å². The van der Waals surface area contributed by atoms with Crippen LogP contribution in [0.3, 0.4) is 0 Å². The summed E-state index contributed by atoms with van der Waals surface area (Å²) in [6.45, 7) is 3.54. The van der Waals surface area contributed by atoms with Crippen LogP contribution in [0, 0.1) is 0 Å². The first-order valence-electron chi connectivity index (χ1n) is 7.97. The predicted octanol–water partition coefficient (Wildman–Crippen LogP) is 3.34. The SMILES string of the molecule is CCOc1cc2c(cc1OC)CCNC2c1cccc(OC)c1. The van der Waals surface area contributed by atoms with Crippen LogP contribution >= 0.6 is 0 Å². The normalized spacial score (nSPS) is 16.6. The van der Waals surface area contributed by atoms with Crippen molar-refractivity contribution in [3.05, 3.63) is 53.1 Å². The lowest BCUT2D eigenvalue weighted by molar-refractivity contribution is 0.309. The van der Waals surface area contributed by atoms with Crippen LogP contribution in [0.4, 0.5) is 0 Å². The first kappa shape index (κ1) is 15.7. The standard InChI is InChI=1S/C19H23NO3/c1-4-23-18-12-16-13(11-17(18)22-3)8-9-20-19(16)14-6-5-7-15(10-14)21-2/h5-7,10-12,19-20H,4,8-9H2,1-3H3. The van der Waals surface area contributed by atoms with Gasteiger partial charge in [0, 0.05) is 6.54 Å². The van der Waals surface area contributed by atoms with E-state index in [9.17, 15) is 0 Å². The molecule has 0 amide bonds. The molecular formula is C19H23NO3. The second-order valence-corrected chi connectivity index (χ2v) is 5.55. The Balaban J connectivity index is 2.05. The van der Waals surface area contributed by atoms with Gasteiger partial charge in [0.2, 0.25) is 0 Å². The number of benzene rings is 2. The summed E-state index contributed by atoms with van der Waals surface area (Å²) < 4.78 is 16.6. The number of nitrogens with one attached hydrogen (secondary N) is 1. The van der Waals surface area contributed by atoms with E-state index in [-0.39, 0.29) is 6.04 Å². The van der Waals surface area contributed by atoms with Gasteiger partial charge in [-0.1, -0.05) is 12.1 Å². The third-order valence-electron chi connectivity index (χ3n) is 4.21. The van der Waals surface area contributed by atoms with E-state index in [1.165, 1.54) is 16.7 Å². The molecule has 1 aliphatic rings. The summed E-state index contributed by atoms with van der Waals surface area (Å²) in [5, 5.41) is 3.60. The highest BCUT2D eigenvalue weighted by Gasteiger charge is 2.24. The molecule has 1 N–H and O–H groups in total. The Labute approximate surface area is 137 Å². The van der Waals surface area contributed by atoms with Crippen molar-refractivity contribution in [2.45, 2.75) is 19.4 Å². The highest BCUT2D eigenvalue weighted by molar-refractivity contribution is 5.52. The van der Waals surface area contributed by atoms with Crippen LogP contribution in [0.25, 0.3) is 0 Å². The third-order valence-corrected chi connectivity index (χ3v) is 4.21. The maximum atomic E-state index is 5.75. The molecule has 0 bridgehead atoms. The molecule has 0 spiro atoms. The van der Waals surface area contributed by atoms with Crippen LogP contribution in [0.15, 0.2) is 36.4 Å². The van der Waals surface area contributed by atoms with Gasteiger partial charge in [0.05, 0.1) is 26.9 Å². The molecular weight excluding hydrogens is 290 g/mol. The van der Waals surface area contributed by atoms with Gasteiger partial charge in [-0.25, -0.2) is 0 Å². The van der Waals surface area contributed by atoms with Crippen molar-refractivity contribution in [1.29, 1.82) is 0 Å². The van der Waals surface area contributed by atoms with Crippen LogP contribution in [0.5, 0.6) is 17.2 Å². The van der Waals surface area contributed by atoms with Crippen LogP contribution in [-0.4, -0.2) is 27.4 Å². The summed E-state index contributed by atoms with van der Waals surface area (Å²) in [6, 6.07) is 12.5. The Morgan fingerprint density at radius 1 is 1.09 bits per heavy atom. The van der Waals surface area contributed by atoms with Crippen molar-refractivity contribution >= 4 is 0 Å². The Bertz CT molecular complexity index is 684. The summed E-state index contributed by atoms with van der Waals surface area (Å²) in [4.78, 5) is 0. The molecule has 0 saturated carbocycles. The van der Waals surface area contributed by atoms with Crippen molar-refractivity contribution in [2.75, 3.05) is 27.4 Å². The zero-order valence-corrected chi connectivity index (χ0v) is 13.9. The minimum atomic E-state index is 0.138. The molecule has 1 atom stereocenters.